The summed E-state index contributed by atoms with van der Waals surface area (Å²) in [6.45, 7) is 0. The van der Waals surface area contributed by atoms with Crippen LogP contribution < -0.4 is 19.1 Å². The fraction of sp³-hybridized carbons (Fsp3) is 0.0556. The highest BCUT2D eigenvalue weighted by atomic mass is 16.5. The molecule has 0 saturated heterocycles. The highest BCUT2D eigenvalue weighted by Gasteiger charge is 2.42. The quantitative estimate of drug-likeness (QED) is 0.202. The van der Waals surface area contributed by atoms with Crippen LogP contribution >= 0.6 is 0 Å². The number of nitrogens with zero attached hydrogens (tertiary/aromatic N) is 1. The van der Waals surface area contributed by atoms with Gasteiger partial charge in [-0.15, -0.1) is 0 Å². The molecule has 6 aromatic carbocycles. The number of anilines is 3. The van der Waals surface area contributed by atoms with E-state index < -0.39 is 5.92 Å². The van der Waals surface area contributed by atoms with Gasteiger partial charge in [-0.25, -0.2) is 0 Å². The molecule has 6 aromatic rings. The van der Waals surface area contributed by atoms with Crippen molar-refractivity contribution in [2.45, 2.75) is 6.42 Å². The Morgan fingerprint density at radius 1 is 0.571 bits per heavy atom. The summed E-state index contributed by atoms with van der Waals surface area (Å²) in [4.78, 5) is 29.4. The molecule has 0 amide bonds. The first kappa shape index (κ1) is 22.1. The van der Waals surface area contributed by atoms with Crippen LogP contribution in [0.3, 0.4) is 0 Å². The van der Waals surface area contributed by atoms with Crippen molar-refractivity contribution in [1.82, 2.24) is 0 Å². The molecule has 0 atom stereocenters. The second kappa shape index (κ2) is 7.56. The molecule has 0 fully saturated rings. The van der Waals surface area contributed by atoms with Crippen LogP contribution in [0.2, 0.25) is 0 Å². The van der Waals surface area contributed by atoms with Gasteiger partial charge in [0.2, 0.25) is 0 Å². The Bertz CT molecular complexity index is 2200. The SMILES string of the molecule is O=C1c2cccc3cccc(c23)C(=O)C1Cc1ccc2c3c4c(cc2c1)Oc1cccc2c1N4c1c(cccc1O3)O2. The summed E-state index contributed by atoms with van der Waals surface area (Å²) in [6, 6.07) is 31.0. The van der Waals surface area contributed by atoms with E-state index in [2.05, 4.69) is 4.90 Å². The zero-order chi connectivity index (χ0) is 27.7. The first-order chi connectivity index (χ1) is 20.6. The number of benzene rings is 6. The molecule has 198 valence electrons. The third-order valence-electron chi connectivity index (χ3n) is 8.85. The topological polar surface area (TPSA) is 65.1 Å². The molecule has 10 rings (SSSR count). The number of hydrogen-bond donors (Lipinski definition) is 0. The van der Waals surface area contributed by atoms with Gasteiger partial charge in [-0.1, -0.05) is 66.7 Å². The van der Waals surface area contributed by atoms with Crippen molar-refractivity contribution in [2.24, 2.45) is 5.92 Å². The van der Waals surface area contributed by atoms with Crippen LogP contribution in [0, 0.1) is 5.92 Å². The summed E-state index contributed by atoms with van der Waals surface area (Å²) in [7, 11) is 0. The molecule has 42 heavy (non-hydrogen) atoms. The smallest absolute Gasteiger partial charge is 0.174 e. The third kappa shape index (κ3) is 2.69. The predicted molar refractivity (Wildman–Crippen MR) is 159 cm³/mol. The van der Waals surface area contributed by atoms with Crippen molar-refractivity contribution in [2.75, 3.05) is 4.90 Å². The van der Waals surface area contributed by atoms with Crippen molar-refractivity contribution >= 4 is 50.2 Å². The number of carbonyl (C=O) groups excluding carboxylic acids is 2. The maximum absolute atomic E-state index is 13.6. The van der Waals surface area contributed by atoms with E-state index in [1.165, 1.54) is 0 Å². The summed E-state index contributed by atoms with van der Waals surface area (Å²) >= 11 is 0. The van der Waals surface area contributed by atoms with Crippen LogP contribution in [0.1, 0.15) is 26.3 Å². The Morgan fingerprint density at radius 2 is 1.17 bits per heavy atom. The van der Waals surface area contributed by atoms with Crippen LogP contribution in [0.4, 0.5) is 17.1 Å². The van der Waals surface area contributed by atoms with Gasteiger partial charge >= 0.3 is 0 Å². The average Bonchev–Trinajstić information content (AvgIpc) is 3.01. The molecule has 4 aliphatic rings. The molecule has 6 nitrogen and oxygen atoms in total. The Labute approximate surface area is 239 Å². The van der Waals surface area contributed by atoms with Crippen LogP contribution in [0.5, 0.6) is 34.5 Å². The minimum atomic E-state index is -0.768. The molecule has 0 spiro atoms. The minimum Gasteiger partial charge on any atom is -0.453 e. The van der Waals surface area contributed by atoms with Gasteiger partial charge in [0.15, 0.2) is 46.1 Å². The van der Waals surface area contributed by atoms with E-state index in [0.29, 0.717) is 40.5 Å². The van der Waals surface area contributed by atoms with Crippen molar-refractivity contribution in [3.8, 4) is 34.5 Å². The largest absolute Gasteiger partial charge is 0.453 e. The number of ether oxygens (including phenoxy) is 3. The maximum Gasteiger partial charge on any atom is 0.174 e. The van der Waals surface area contributed by atoms with Crippen molar-refractivity contribution in [1.29, 1.82) is 0 Å². The summed E-state index contributed by atoms with van der Waals surface area (Å²) in [6.07, 6.45) is 0.314. The van der Waals surface area contributed by atoms with Crippen molar-refractivity contribution in [3.05, 3.63) is 114 Å². The zero-order valence-corrected chi connectivity index (χ0v) is 22.0. The summed E-state index contributed by atoms with van der Waals surface area (Å²) in [5.74, 6) is 3.22. The molecule has 0 aromatic heterocycles. The number of hydrogen-bond acceptors (Lipinski definition) is 6. The van der Waals surface area contributed by atoms with Gasteiger partial charge in [-0.05, 0) is 53.1 Å². The number of para-hydroxylation sites is 2. The number of fused-ring (bicyclic) bond motifs is 2. The fourth-order valence-corrected chi connectivity index (χ4v) is 7.03. The van der Waals surface area contributed by atoms with E-state index in [-0.39, 0.29) is 11.6 Å². The molecule has 0 radical (unpaired) electrons. The Balaban J connectivity index is 1.11. The van der Waals surface area contributed by atoms with Gasteiger partial charge in [-0.3, -0.25) is 14.5 Å². The van der Waals surface area contributed by atoms with Crippen molar-refractivity contribution < 1.29 is 23.8 Å². The minimum absolute atomic E-state index is 0.122. The third-order valence-corrected chi connectivity index (χ3v) is 8.85. The standard InChI is InChI=1S/C36H19NO5/c38-34-22-7-1-5-19-6-2-8-23(30(19)22)35(39)24(34)16-18-13-14-21-20(15-18)17-29-33-36(21)42-28-12-4-10-26-32(28)37(33)31-25(40-26)9-3-11-27(31)41-29/h1-15,17,24H,16H2. The van der Waals surface area contributed by atoms with Gasteiger partial charge in [0.1, 0.15) is 17.1 Å². The molecule has 0 unspecified atom stereocenters. The lowest BCUT2D eigenvalue weighted by Gasteiger charge is -2.41. The monoisotopic (exact) mass is 545 g/mol. The molecule has 0 bridgehead atoms. The molecule has 3 aliphatic heterocycles. The van der Waals surface area contributed by atoms with Crippen LogP contribution in [-0.4, -0.2) is 11.6 Å². The molecular weight excluding hydrogens is 526 g/mol. The van der Waals surface area contributed by atoms with Crippen LogP contribution in [-0.2, 0) is 6.42 Å². The van der Waals surface area contributed by atoms with Crippen LogP contribution in [0.25, 0.3) is 21.5 Å². The summed E-state index contributed by atoms with van der Waals surface area (Å²) < 4.78 is 19.2. The molecule has 6 heteroatoms. The highest BCUT2D eigenvalue weighted by molar-refractivity contribution is 6.29. The lowest BCUT2D eigenvalue weighted by molar-refractivity contribution is 0.0802. The highest BCUT2D eigenvalue weighted by Crippen LogP contribution is 2.67. The van der Waals surface area contributed by atoms with Gasteiger partial charge in [-0.2, -0.15) is 0 Å². The maximum atomic E-state index is 13.6. The van der Waals surface area contributed by atoms with E-state index in [1.807, 2.05) is 97.1 Å². The van der Waals surface area contributed by atoms with Gasteiger partial charge < -0.3 is 14.2 Å². The van der Waals surface area contributed by atoms with Crippen LogP contribution in [0.15, 0.2) is 97.1 Å². The lowest BCUT2D eigenvalue weighted by atomic mass is 9.77. The number of ketones is 2. The van der Waals surface area contributed by atoms with E-state index in [0.717, 1.165) is 55.7 Å². The summed E-state index contributed by atoms with van der Waals surface area (Å²) in [5, 5.41) is 3.50. The van der Waals surface area contributed by atoms with E-state index in [1.54, 1.807) is 0 Å². The first-order valence-corrected chi connectivity index (χ1v) is 13.9. The molecule has 0 N–H and O–H groups in total. The fourth-order valence-electron chi connectivity index (χ4n) is 7.03. The Kier molecular flexibility index (Phi) is 3.98. The number of rotatable bonds is 2. The van der Waals surface area contributed by atoms with E-state index in [9.17, 15) is 9.59 Å². The van der Waals surface area contributed by atoms with Gasteiger partial charge in [0.25, 0.3) is 0 Å². The zero-order valence-electron chi connectivity index (χ0n) is 22.0. The second-order valence-corrected chi connectivity index (χ2v) is 11.1. The average molecular weight is 546 g/mol. The summed E-state index contributed by atoms with van der Waals surface area (Å²) in [5.41, 5.74) is 4.69. The molecular formula is C36H19NO5. The van der Waals surface area contributed by atoms with E-state index in [4.69, 9.17) is 14.2 Å². The lowest BCUT2D eigenvalue weighted by Crippen LogP contribution is -2.31. The van der Waals surface area contributed by atoms with Crippen molar-refractivity contribution in [3.63, 3.8) is 0 Å². The molecule has 3 heterocycles. The normalized spacial score (nSPS) is 15.3. The Hall–Kier alpha value is -5.62. The Morgan fingerprint density at radius 3 is 1.83 bits per heavy atom. The van der Waals surface area contributed by atoms with E-state index >= 15 is 0 Å². The molecule has 0 saturated carbocycles. The number of Topliss-reactive ketones (excluding diaryl/α,β-unsaturated/α-hetero) is 2. The first-order valence-electron chi connectivity index (χ1n) is 13.9. The molecule has 1 aliphatic carbocycles. The number of carbonyl (C=O) groups is 2. The van der Waals surface area contributed by atoms with Gasteiger partial charge in [0.05, 0.1) is 5.92 Å². The second-order valence-electron chi connectivity index (χ2n) is 11.1. The predicted octanol–water partition coefficient (Wildman–Crippen LogP) is 9.02. The van der Waals surface area contributed by atoms with Gasteiger partial charge in [0, 0.05) is 21.9 Å².